The highest BCUT2D eigenvalue weighted by molar-refractivity contribution is 7.99. The fraction of sp³-hybridized carbons (Fsp3) is 0.455. The number of thioether (sulfide) groups is 1. The number of aromatic nitrogens is 1. The summed E-state index contributed by atoms with van der Waals surface area (Å²) in [6.45, 7) is 0. The van der Waals surface area contributed by atoms with Crippen LogP contribution in [0.5, 0.6) is 5.88 Å². The molecule has 0 saturated carbocycles. The molecule has 1 aliphatic rings. The number of hydrogen-bond acceptors (Lipinski definition) is 5. The minimum Gasteiger partial charge on any atom is -0.473 e. The number of ether oxygens (including phenoxy) is 1. The molecular formula is C11H14N2O3S. The Kier molecular flexibility index (Phi) is 4.22. The van der Waals surface area contributed by atoms with E-state index in [4.69, 9.17) is 4.74 Å². The quantitative estimate of drug-likeness (QED) is 0.820. The van der Waals surface area contributed by atoms with E-state index in [1.165, 1.54) is 7.11 Å². The molecule has 1 fully saturated rings. The normalized spacial score (nSPS) is 19.0. The number of amides is 1. The van der Waals surface area contributed by atoms with Crippen molar-refractivity contribution in [3.63, 3.8) is 0 Å². The number of hydrogen-bond donors (Lipinski definition) is 1. The van der Waals surface area contributed by atoms with Gasteiger partial charge in [0, 0.05) is 11.9 Å². The number of pyridine rings is 1. The van der Waals surface area contributed by atoms with E-state index in [9.17, 15) is 4.79 Å². The topological polar surface area (TPSA) is 60.5 Å². The van der Waals surface area contributed by atoms with Gasteiger partial charge in [-0.3, -0.25) is 9.63 Å². The average Bonchev–Trinajstić information content (AvgIpc) is 2.83. The van der Waals surface area contributed by atoms with Crippen LogP contribution in [0.25, 0.3) is 0 Å². The molecule has 1 amide bonds. The van der Waals surface area contributed by atoms with Crippen molar-refractivity contribution < 1.29 is 14.4 Å². The Morgan fingerprint density at radius 3 is 3.24 bits per heavy atom. The van der Waals surface area contributed by atoms with Crippen LogP contribution < -0.4 is 10.2 Å². The van der Waals surface area contributed by atoms with Gasteiger partial charge in [-0.15, -0.1) is 0 Å². The molecule has 0 bridgehead atoms. The third kappa shape index (κ3) is 3.10. The second kappa shape index (κ2) is 5.88. The van der Waals surface area contributed by atoms with Crippen LogP contribution in [0.4, 0.5) is 0 Å². The highest BCUT2D eigenvalue weighted by Crippen LogP contribution is 2.23. The summed E-state index contributed by atoms with van der Waals surface area (Å²) >= 11 is 1.85. The zero-order valence-electron chi connectivity index (χ0n) is 9.51. The molecule has 1 saturated heterocycles. The highest BCUT2D eigenvalue weighted by atomic mass is 32.2. The summed E-state index contributed by atoms with van der Waals surface area (Å²) in [5.41, 5.74) is 2.66. The number of nitrogens with zero attached hydrogens (tertiary/aromatic N) is 1. The van der Waals surface area contributed by atoms with E-state index in [0.717, 1.165) is 17.9 Å². The largest absolute Gasteiger partial charge is 0.473 e. The van der Waals surface area contributed by atoms with Crippen LogP contribution in [0.15, 0.2) is 18.3 Å². The molecule has 0 radical (unpaired) electrons. The number of hydroxylamine groups is 1. The third-order valence-electron chi connectivity index (χ3n) is 2.38. The van der Waals surface area contributed by atoms with Crippen LogP contribution in [0, 0.1) is 0 Å². The summed E-state index contributed by atoms with van der Waals surface area (Å²) in [5.74, 6) is 2.06. The van der Waals surface area contributed by atoms with E-state index in [0.29, 0.717) is 11.4 Å². The monoisotopic (exact) mass is 254 g/mol. The van der Waals surface area contributed by atoms with E-state index < -0.39 is 0 Å². The molecule has 1 N–H and O–H groups in total. The Balaban J connectivity index is 2.12. The van der Waals surface area contributed by atoms with Gasteiger partial charge in [0.25, 0.3) is 5.91 Å². The minimum atomic E-state index is -0.346. The predicted molar refractivity (Wildman–Crippen MR) is 65.1 cm³/mol. The van der Waals surface area contributed by atoms with Crippen molar-refractivity contribution in [2.45, 2.75) is 12.5 Å². The van der Waals surface area contributed by atoms with Gasteiger partial charge in [-0.1, -0.05) is 0 Å². The maximum atomic E-state index is 11.7. The first-order chi connectivity index (χ1) is 8.31. The summed E-state index contributed by atoms with van der Waals surface area (Å²) in [6.07, 6.45) is 2.75. The van der Waals surface area contributed by atoms with Gasteiger partial charge < -0.3 is 4.74 Å². The summed E-state index contributed by atoms with van der Waals surface area (Å²) in [7, 11) is 1.39. The molecule has 0 spiro atoms. The van der Waals surface area contributed by atoms with Crippen LogP contribution >= 0.6 is 11.8 Å². The SMILES string of the molecule is CONC(=O)c1cccnc1OC1CCSC1. The van der Waals surface area contributed by atoms with E-state index >= 15 is 0 Å². The molecule has 92 valence electrons. The molecule has 2 heterocycles. The predicted octanol–water partition coefficient (Wildman–Crippen LogP) is 1.26. The van der Waals surface area contributed by atoms with Crippen LogP contribution in [0.3, 0.4) is 0 Å². The lowest BCUT2D eigenvalue weighted by atomic mass is 10.2. The number of carbonyl (C=O) groups excluding carboxylic acids is 1. The lowest BCUT2D eigenvalue weighted by molar-refractivity contribution is 0.0531. The molecule has 1 aromatic rings. The molecule has 17 heavy (non-hydrogen) atoms. The second-order valence-electron chi connectivity index (χ2n) is 3.59. The first-order valence-corrected chi connectivity index (χ1v) is 6.49. The van der Waals surface area contributed by atoms with Gasteiger partial charge in [0.2, 0.25) is 5.88 Å². The Morgan fingerprint density at radius 2 is 2.53 bits per heavy atom. The van der Waals surface area contributed by atoms with Crippen molar-refractivity contribution in [1.82, 2.24) is 10.5 Å². The molecule has 1 atom stereocenters. The zero-order chi connectivity index (χ0) is 12.1. The number of rotatable bonds is 4. The molecule has 0 aliphatic carbocycles. The van der Waals surface area contributed by atoms with Gasteiger partial charge in [0.1, 0.15) is 11.7 Å². The summed E-state index contributed by atoms with van der Waals surface area (Å²) in [5, 5.41) is 0. The van der Waals surface area contributed by atoms with Crippen LogP contribution in [-0.4, -0.2) is 35.6 Å². The van der Waals surface area contributed by atoms with Gasteiger partial charge >= 0.3 is 0 Å². The molecular weight excluding hydrogens is 240 g/mol. The van der Waals surface area contributed by atoms with Crippen molar-refractivity contribution in [3.05, 3.63) is 23.9 Å². The Hall–Kier alpha value is -1.27. The third-order valence-corrected chi connectivity index (χ3v) is 3.51. The van der Waals surface area contributed by atoms with E-state index in [1.54, 1.807) is 18.3 Å². The Morgan fingerprint density at radius 1 is 1.65 bits per heavy atom. The summed E-state index contributed by atoms with van der Waals surface area (Å²) in [4.78, 5) is 20.4. The van der Waals surface area contributed by atoms with Gasteiger partial charge in [-0.2, -0.15) is 11.8 Å². The average molecular weight is 254 g/mol. The number of nitrogens with one attached hydrogen (secondary N) is 1. The minimum absolute atomic E-state index is 0.143. The summed E-state index contributed by atoms with van der Waals surface area (Å²) in [6, 6.07) is 3.36. The van der Waals surface area contributed by atoms with Gasteiger partial charge in [-0.05, 0) is 24.3 Å². The van der Waals surface area contributed by atoms with Crippen LogP contribution in [0.1, 0.15) is 16.8 Å². The van der Waals surface area contributed by atoms with Crippen molar-refractivity contribution >= 4 is 17.7 Å². The number of carbonyl (C=O) groups is 1. The lowest BCUT2D eigenvalue weighted by Crippen LogP contribution is -2.24. The van der Waals surface area contributed by atoms with Gasteiger partial charge in [-0.25, -0.2) is 10.5 Å². The molecule has 2 rings (SSSR count). The highest BCUT2D eigenvalue weighted by Gasteiger charge is 2.21. The Bertz CT molecular complexity index is 394. The van der Waals surface area contributed by atoms with E-state index in [2.05, 4.69) is 15.3 Å². The fourth-order valence-electron chi connectivity index (χ4n) is 1.57. The van der Waals surface area contributed by atoms with E-state index in [-0.39, 0.29) is 12.0 Å². The van der Waals surface area contributed by atoms with Crippen molar-refractivity contribution in [3.8, 4) is 5.88 Å². The first kappa shape index (κ1) is 12.2. The Labute approximate surface area is 104 Å². The van der Waals surface area contributed by atoms with E-state index in [1.807, 2.05) is 11.8 Å². The molecule has 5 nitrogen and oxygen atoms in total. The fourth-order valence-corrected chi connectivity index (χ4v) is 2.66. The molecule has 6 heteroatoms. The zero-order valence-corrected chi connectivity index (χ0v) is 10.3. The maximum absolute atomic E-state index is 11.7. The van der Waals surface area contributed by atoms with Crippen molar-refractivity contribution in [1.29, 1.82) is 0 Å². The maximum Gasteiger partial charge on any atom is 0.280 e. The molecule has 1 aliphatic heterocycles. The standard InChI is InChI=1S/C11H14N2O3S/c1-15-13-10(14)9-3-2-5-12-11(9)16-8-4-6-17-7-8/h2-3,5,8H,4,6-7H2,1H3,(H,13,14). The van der Waals surface area contributed by atoms with Gasteiger partial charge in [0.15, 0.2) is 0 Å². The second-order valence-corrected chi connectivity index (χ2v) is 4.74. The molecule has 1 aromatic heterocycles. The molecule has 0 aromatic carbocycles. The van der Waals surface area contributed by atoms with Gasteiger partial charge in [0.05, 0.1) is 7.11 Å². The van der Waals surface area contributed by atoms with Crippen molar-refractivity contribution in [2.75, 3.05) is 18.6 Å². The van der Waals surface area contributed by atoms with Crippen LogP contribution in [-0.2, 0) is 4.84 Å². The smallest absolute Gasteiger partial charge is 0.280 e. The van der Waals surface area contributed by atoms with Crippen LogP contribution in [0.2, 0.25) is 0 Å². The van der Waals surface area contributed by atoms with Crippen molar-refractivity contribution in [2.24, 2.45) is 0 Å². The lowest BCUT2D eigenvalue weighted by Gasteiger charge is -2.13. The molecule has 1 unspecified atom stereocenters. The summed E-state index contributed by atoms with van der Waals surface area (Å²) < 4.78 is 5.73. The first-order valence-electron chi connectivity index (χ1n) is 5.34.